The van der Waals surface area contributed by atoms with Crippen LogP contribution in [-0.4, -0.2) is 8.42 Å². The highest BCUT2D eigenvalue weighted by Gasteiger charge is 2.23. The SMILES string of the molecule is NCc1cc(S(=O)(=O)Nc2ccc(F)c(F)c2F)c(Br)s1. The first-order chi connectivity index (χ1) is 9.76. The van der Waals surface area contributed by atoms with Gasteiger partial charge < -0.3 is 5.73 Å². The van der Waals surface area contributed by atoms with E-state index in [4.69, 9.17) is 5.73 Å². The van der Waals surface area contributed by atoms with Crippen molar-refractivity contribution in [1.82, 2.24) is 0 Å². The molecular weight excluding hydrogens is 393 g/mol. The summed E-state index contributed by atoms with van der Waals surface area (Å²) < 4.78 is 65.9. The van der Waals surface area contributed by atoms with Gasteiger partial charge in [-0.1, -0.05) is 0 Å². The van der Waals surface area contributed by atoms with Crippen molar-refractivity contribution in [2.75, 3.05) is 4.72 Å². The molecule has 0 aliphatic rings. The first-order valence-corrected chi connectivity index (χ1v) is 8.50. The van der Waals surface area contributed by atoms with E-state index in [1.807, 2.05) is 4.72 Å². The number of anilines is 1. The number of sulfonamides is 1. The lowest BCUT2D eigenvalue weighted by Crippen LogP contribution is -2.14. The van der Waals surface area contributed by atoms with Crippen LogP contribution < -0.4 is 10.5 Å². The van der Waals surface area contributed by atoms with E-state index in [9.17, 15) is 21.6 Å². The minimum absolute atomic E-state index is 0.137. The molecule has 0 unspecified atom stereocenters. The highest BCUT2D eigenvalue weighted by atomic mass is 79.9. The maximum Gasteiger partial charge on any atom is 0.263 e. The van der Waals surface area contributed by atoms with Gasteiger partial charge in [0.1, 0.15) is 4.90 Å². The molecule has 0 amide bonds. The van der Waals surface area contributed by atoms with Crippen molar-refractivity contribution in [3.8, 4) is 0 Å². The first kappa shape index (κ1) is 16.3. The smallest absolute Gasteiger partial charge is 0.263 e. The second kappa shape index (κ2) is 5.95. The van der Waals surface area contributed by atoms with Crippen LogP contribution in [0.1, 0.15) is 4.88 Å². The van der Waals surface area contributed by atoms with E-state index in [0.29, 0.717) is 10.9 Å². The van der Waals surface area contributed by atoms with Crippen molar-refractivity contribution in [2.45, 2.75) is 11.4 Å². The standard InChI is InChI=1S/C11H8BrF3N2O2S2/c12-11-8(3-5(4-16)20-11)21(18,19)17-7-2-1-6(13)9(14)10(7)15/h1-3,17H,4,16H2. The normalized spacial score (nSPS) is 11.7. The van der Waals surface area contributed by atoms with Crippen molar-refractivity contribution in [3.63, 3.8) is 0 Å². The monoisotopic (exact) mass is 400 g/mol. The molecule has 10 heteroatoms. The Morgan fingerprint density at radius 1 is 1.24 bits per heavy atom. The molecule has 0 aliphatic carbocycles. The second-order valence-electron chi connectivity index (χ2n) is 3.88. The Kier molecular flexibility index (Phi) is 4.61. The Bertz CT molecular complexity index is 793. The van der Waals surface area contributed by atoms with Gasteiger partial charge in [-0.15, -0.1) is 11.3 Å². The zero-order valence-electron chi connectivity index (χ0n) is 10.2. The fraction of sp³-hybridized carbons (Fsp3) is 0.0909. The van der Waals surface area contributed by atoms with E-state index in [2.05, 4.69) is 15.9 Å². The van der Waals surface area contributed by atoms with Gasteiger partial charge in [0, 0.05) is 11.4 Å². The molecule has 0 fully saturated rings. The predicted octanol–water partition coefficient (Wildman–Crippen LogP) is 3.19. The fourth-order valence-electron chi connectivity index (χ4n) is 1.49. The quantitative estimate of drug-likeness (QED) is 0.774. The van der Waals surface area contributed by atoms with E-state index in [1.54, 1.807) is 0 Å². The average Bonchev–Trinajstić information content (AvgIpc) is 2.81. The highest BCUT2D eigenvalue weighted by molar-refractivity contribution is 9.11. The fourth-order valence-corrected chi connectivity index (χ4v) is 5.11. The zero-order chi connectivity index (χ0) is 15.8. The summed E-state index contributed by atoms with van der Waals surface area (Å²) in [5.41, 5.74) is 4.73. The van der Waals surface area contributed by atoms with Gasteiger partial charge in [-0.2, -0.15) is 0 Å². The van der Waals surface area contributed by atoms with Crippen LogP contribution in [0.25, 0.3) is 0 Å². The Labute approximate surface area is 131 Å². The number of benzene rings is 1. The number of hydrogen-bond acceptors (Lipinski definition) is 4. The van der Waals surface area contributed by atoms with Crippen LogP contribution in [0.5, 0.6) is 0 Å². The Hall–Kier alpha value is -1.10. The van der Waals surface area contributed by atoms with Crippen LogP contribution in [0.15, 0.2) is 26.9 Å². The third-order valence-electron chi connectivity index (χ3n) is 2.48. The summed E-state index contributed by atoms with van der Waals surface area (Å²) in [6.45, 7) is 0.137. The van der Waals surface area contributed by atoms with Gasteiger partial charge in [0.15, 0.2) is 17.5 Å². The van der Waals surface area contributed by atoms with Crippen LogP contribution in [0, 0.1) is 17.5 Å². The minimum Gasteiger partial charge on any atom is -0.326 e. The molecule has 0 saturated heterocycles. The van der Waals surface area contributed by atoms with E-state index in [0.717, 1.165) is 17.4 Å². The second-order valence-corrected chi connectivity index (χ2v) is 7.99. The maximum absolute atomic E-state index is 13.5. The Morgan fingerprint density at radius 2 is 1.90 bits per heavy atom. The van der Waals surface area contributed by atoms with Gasteiger partial charge in [-0.25, -0.2) is 21.6 Å². The largest absolute Gasteiger partial charge is 0.326 e. The molecule has 1 aromatic carbocycles. The van der Waals surface area contributed by atoms with Gasteiger partial charge in [-0.3, -0.25) is 4.72 Å². The lowest BCUT2D eigenvalue weighted by Gasteiger charge is -2.08. The maximum atomic E-state index is 13.5. The molecule has 21 heavy (non-hydrogen) atoms. The molecule has 1 heterocycles. The topological polar surface area (TPSA) is 72.2 Å². The van der Waals surface area contributed by atoms with E-state index in [-0.39, 0.29) is 15.2 Å². The van der Waals surface area contributed by atoms with Crippen LogP contribution in [-0.2, 0) is 16.6 Å². The lowest BCUT2D eigenvalue weighted by atomic mass is 10.3. The number of halogens is 4. The van der Waals surface area contributed by atoms with Crippen molar-refractivity contribution >= 4 is 43.0 Å². The number of nitrogens with two attached hydrogens (primary N) is 1. The van der Waals surface area contributed by atoms with Crippen LogP contribution >= 0.6 is 27.3 Å². The molecule has 4 nitrogen and oxygen atoms in total. The molecule has 1 aromatic heterocycles. The third kappa shape index (κ3) is 3.23. The number of thiophene rings is 1. The first-order valence-electron chi connectivity index (χ1n) is 5.41. The van der Waals surface area contributed by atoms with E-state index in [1.165, 1.54) is 6.07 Å². The molecular formula is C11H8BrF3N2O2S2. The average molecular weight is 401 g/mol. The Morgan fingerprint density at radius 3 is 2.48 bits per heavy atom. The summed E-state index contributed by atoms with van der Waals surface area (Å²) in [6, 6.07) is 2.74. The minimum atomic E-state index is -4.16. The summed E-state index contributed by atoms with van der Waals surface area (Å²) in [5, 5.41) is 0. The molecule has 0 saturated carbocycles. The van der Waals surface area contributed by atoms with Gasteiger partial charge in [-0.05, 0) is 34.1 Å². The van der Waals surface area contributed by atoms with Crippen LogP contribution in [0.2, 0.25) is 0 Å². The van der Waals surface area contributed by atoms with E-state index >= 15 is 0 Å². The van der Waals surface area contributed by atoms with E-state index < -0.39 is 33.2 Å². The van der Waals surface area contributed by atoms with Gasteiger partial charge >= 0.3 is 0 Å². The summed E-state index contributed by atoms with van der Waals surface area (Å²) >= 11 is 4.17. The van der Waals surface area contributed by atoms with Crippen LogP contribution in [0.3, 0.4) is 0 Å². The number of nitrogens with one attached hydrogen (secondary N) is 1. The van der Waals surface area contributed by atoms with Gasteiger partial charge in [0.2, 0.25) is 0 Å². The Balaban J connectivity index is 2.42. The molecule has 0 spiro atoms. The third-order valence-corrected chi connectivity index (χ3v) is 6.12. The van der Waals surface area contributed by atoms with Gasteiger partial charge in [0.25, 0.3) is 10.0 Å². The molecule has 0 bridgehead atoms. The van der Waals surface area contributed by atoms with Crippen molar-refractivity contribution < 1.29 is 21.6 Å². The molecule has 2 rings (SSSR count). The molecule has 0 atom stereocenters. The van der Waals surface area contributed by atoms with Crippen LogP contribution in [0.4, 0.5) is 18.9 Å². The number of rotatable bonds is 4. The highest BCUT2D eigenvalue weighted by Crippen LogP contribution is 2.33. The van der Waals surface area contributed by atoms with Crippen molar-refractivity contribution in [3.05, 3.63) is 44.3 Å². The predicted molar refractivity (Wildman–Crippen MR) is 77.0 cm³/mol. The van der Waals surface area contributed by atoms with Crippen molar-refractivity contribution in [2.24, 2.45) is 5.73 Å². The molecule has 3 N–H and O–H groups in total. The molecule has 2 aromatic rings. The zero-order valence-corrected chi connectivity index (χ0v) is 13.4. The molecule has 0 aliphatic heterocycles. The summed E-state index contributed by atoms with van der Waals surface area (Å²) in [6.07, 6.45) is 0. The van der Waals surface area contributed by atoms with Gasteiger partial charge in [0.05, 0.1) is 9.47 Å². The lowest BCUT2D eigenvalue weighted by molar-refractivity contribution is 0.449. The summed E-state index contributed by atoms with van der Waals surface area (Å²) in [5.74, 6) is -4.76. The summed E-state index contributed by atoms with van der Waals surface area (Å²) in [7, 11) is -4.16. The van der Waals surface area contributed by atoms with Crippen molar-refractivity contribution in [1.29, 1.82) is 0 Å². The number of hydrogen-bond donors (Lipinski definition) is 2. The molecule has 0 radical (unpaired) electrons. The summed E-state index contributed by atoms with van der Waals surface area (Å²) in [4.78, 5) is 0.435. The molecule has 114 valence electrons.